The van der Waals surface area contributed by atoms with Crippen LogP contribution in [0, 0.1) is 0 Å². The monoisotopic (exact) mass is 166 g/mol. The van der Waals surface area contributed by atoms with Gasteiger partial charge in [0.15, 0.2) is 0 Å². The summed E-state index contributed by atoms with van der Waals surface area (Å²) in [6.07, 6.45) is 0. The first-order chi connectivity index (χ1) is 4.81. The Morgan fingerprint density at radius 1 is 1.60 bits per heavy atom. The molecule has 0 aliphatic rings. The summed E-state index contributed by atoms with van der Waals surface area (Å²) >= 11 is 0.905. The van der Waals surface area contributed by atoms with Crippen molar-refractivity contribution >= 4 is 18.0 Å². The molecule has 10 heavy (non-hydrogen) atoms. The van der Waals surface area contributed by atoms with Crippen LogP contribution in [0.5, 0.6) is 0 Å². The SMILES string of the molecule is CCOC(=O)CSOOC. The molecular weight excluding hydrogens is 156 g/mol. The molecule has 0 aromatic carbocycles. The maximum absolute atomic E-state index is 10.5. The molecule has 0 heterocycles. The Bertz CT molecular complexity index is 95.6. The Balaban J connectivity index is 3.05. The molecule has 0 bridgehead atoms. The van der Waals surface area contributed by atoms with Gasteiger partial charge in [0, 0.05) is 12.0 Å². The van der Waals surface area contributed by atoms with Gasteiger partial charge in [-0.2, -0.15) is 4.33 Å². The Labute approximate surface area is 64.0 Å². The van der Waals surface area contributed by atoms with Gasteiger partial charge in [-0.1, -0.05) is 0 Å². The Morgan fingerprint density at radius 3 is 2.80 bits per heavy atom. The lowest BCUT2D eigenvalue weighted by Crippen LogP contribution is -2.06. The number of hydrogen-bond donors (Lipinski definition) is 0. The molecule has 0 atom stereocenters. The smallest absolute Gasteiger partial charge is 0.318 e. The Hall–Kier alpha value is -0.260. The number of ether oxygens (including phenoxy) is 1. The molecule has 0 spiro atoms. The van der Waals surface area contributed by atoms with Gasteiger partial charge in [-0.05, 0) is 6.92 Å². The van der Waals surface area contributed by atoms with E-state index < -0.39 is 0 Å². The summed E-state index contributed by atoms with van der Waals surface area (Å²) < 4.78 is 8.96. The van der Waals surface area contributed by atoms with E-state index in [1.54, 1.807) is 6.92 Å². The van der Waals surface area contributed by atoms with Crippen molar-refractivity contribution in [3.63, 3.8) is 0 Å². The van der Waals surface area contributed by atoms with Crippen LogP contribution < -0.4 is 0 Å². The normalized spacial score (nSPS) is 9.40. The first-order valence-corrected chi connectivity index (χ1v) is 3.70. The van der Waals surface area contributed by atoms with Crippen LogP contribution in [0.2, 0.25) is 0 Å². The van der Waals surface area contributed by atoms with E-state index in [1.165, 1.54) is 7.11 Å². The van der Waals surface area contributed by atoms with E-state index in [-0.39, 0.29) is 11.7 Å². The van der Waals surface area contributed by atoms with Gasteiger partial charge in [0.25, 0.3) is 0 Å². The maximum Gasteiger partial charge on any atom is 0.318 e. The molecule has 0 fully saturated rings. The number of hydrogen-bond acceptors (Lipinski definition) is 5. The standard InChI is InChI=1S/C5H10O4S/c1-3-8-5(6)4-10-9-7-2/h3-4H2,1-2H3. The predicted molar refractivity (Wildman–Crippen MR) is 37.2 cm³/mol. The van der Waals surface area contributed by atoms with Crippen molar-refractivity contribution in [3.8, 4) is 0 Å². The number of rotatable bonds is 5. The van der Waals surface area contributed by atoms with E-state index in [2.05, 4.69) is 14.0 Å². The second kappa shape index (κ2) is 6.85. The van der Waals surface area contributed by atoms with Crippen molar-refractivity contribution in [3.05, 3.63) is 0 Å². The molecule has 4 nitrogen and oxygen atoms in total. The van der Waals surface area contributed by atoms with Crippen LogP contribution in [-0.2, 0) is 18.8 Å². The van der Waals surface area contributed by atoms with E-state index in [0.29, 0.717) is 6.61 Å². The molecule has 0 N–H and O–H groups in total. The van der Waals surface area contributed by atoms with Crippen LogP contribution in [-0.4, -0.2) is 25.4 Å². The van der Waals surface area contributed by atoms with Gasteiger partial charge >= 0.3 is 5.97 Å². The van der Waals surface area contributed by atoms with Gasteiger partial charge in [-0.3, -0.25) is 4.79 Å². The molecule has 0 amide bonds. The summed E-state index contributed by atoms with van der Waals surface area (Å²) in [6.45, 7) is 2.14. The summed E-state index contributed by atoms with van der Waals surface area (Å²) in [5.41, 5.74) is 0. The van der Waals surface area contributed by atoms with Crippen molar-refractivity contribution in [1.82, 2.24) is 0 Å². The number of esters is 1. The minimum absolute atomic E-state index is 0.154. The average molecular weight is 166 g/mol. The molecule has 0 saturated heterocycles. The molecular formula is C5H10O4S. The second-order valence-electron chi connectivity index (χ2n) is 1.30. The molecule has 0 aliphatic carbocycles. The molecule has 0 radical (unpaired) electrons. The van der Waals surface area contributed by atoms with Crippen LogP contribution in [0.15, 0.2) is 0 Å². The molecule has 0 aromatic rings. The predicted octanol–water partition coefficient (Wildman–Crippen LogP) is 0.776. The average Bonchev–Trinajstić information content (AvgIpc) is 1.89. The summed E-state index contributed by atoms with van der Waals surface area (Å²) in [7, 11) is 1.37. The zero-order chi connectivity index (χ0) is 7.82. The van der Waals surface area contributed by atoms with Crippen molar-refractivity contribution < 1.29 is 18.8 Å². The molecule has 0 saturated carbocycles. The summed E-state index contributed by atoms with van der Waals surface area (Å²) in [5, 5.41) is 0. The highest BCUT2D eigenvalue weighted by Gasteiger charge is 2.00. The lowest BCUT2D eigenvalue weighted by atomic mass is 10.8. The van der Waals surface area contributed by atoms with Crippen LogP contribution >= 0.6 is 12.0 Å². The van der Waals surface area contributed by atoms with Gasteiger partial charge < -0.3 is 4.74 Å². The van der Waals surface area contributed by atoms with Gasteiger partial charge in [0.05, 0.1) is 13.7 Å². The third-order valence-corrected chi connectivity index (χ3v) is 1.18. The fraction of sp³-hybridized carbons (Fsp3) is 0.800. The fourth-order valence-corrected chi connectivity index (χ4v) is 0.647. The summed E-state index contributed by atoms with van der Waals surface area (Å²) in [4.78, 5) is 14.8. The summed E-state index contributed by atoms with van der Waals surface area (Å²) in [6, 6.07) is 0. The minimum Gasteiger partial charge on any atom is -0.465 e. The van der Waals surface area contributed by atoms with Gasteiger partial charge in [0.1, 0.15) is 5.75 Å². The first-order valence-electron chi connectivity index (χ1n) is 2.79. The highest BCUT2D eigenvalue weighted by molar-refractivity contribution is 7.95. The zero-order valence-electron chi connectivity index (χ0n) is 5.96. The van der Waals surface area contributed by atoms with E-state index in [1.807, 2.05) is 0 Å². The molecule has 0 aliphatic heterocycles. The van der Waals surface area contributed by atoms with Crippen LogP contribution in [0.4, 0.5) is 0 Å². The topological polar surface area (TPSA) is 44.8 Å². The quantitative estimate of drug-likeness (QED) is 0.198. The van der Waals surface area contributed by atoms with Crippen LogP contribution in [0.1, 0.15) is 6.92 Å². The zero-order valence-corrected chi connectivity index (χ0v) is 6.77. The first kappa shape index (κ1) is 9.74. The largest absolute Gasteiger partial charge is 0.465 e. The third kappa shape index (κ3) is 5.87. The number of carbonyl (C=O) groups excluding carboxylic acids is 1. The minimum atomic E-state index is -0.301. The molecule has 5 heteroatoms. The fourth-order valence-electron chi connectivity index (χ4n) is 0.323. The van der Waals surface area contributed by atoms with E-state index in [4.69, 9.17) is 0 Å². The van der Waals surface area contributed by atoms with Gasteiger partial charge in [-0.25, -0.2) is 4.89 Å². The maximum atomic E-state index is 10.5. The van der Waals surface area contributed by atoms with Crippen molar-refractivity contribution in [2.24, 2.45) is 0 Å². The lowest BCUT2D eigenvalue weighted by molar-refractivity contribution is -0.161. The Morgan fingerprint density at radius 2 is 2.30 bits per heavy atom. The molecule has 0 rings (SSSR count). The molecule has 0 unspecified atom stereocenters. The third-order valence-electron chi connectivity index (χ3n) is 0.598. The van der Waals surface area contributed by atoms with Crippen molar-refractivity contribution in [1.29, 1.82) is 0 Å². The van der Waals surface area contributed by atoms with E-state index in [0.717, 1.165) is 12.0 Å². The number of carbonyl (C=O) groups is 1. The van der Waals surface area contributed by atoms with Crippen molar-refractivity contribution in [2.75, 3.05) is 19.5 Å². The second-order valence-corrected chi connectivity index (χ2v) is 1.96. The molecule has 60 valence electrons. The van der Waals surface area contributed by atoms with Crippen molar-refractivity contribution in [2.45, 2.75) is 6.92 Å². The highest BCUT2D eigenvalue weighted by atomic mass is 32.2. The highest BCUT2D eigenvalue weighted by Crippen LogP contribution is 2.01. The van der Waals surface area contributed by atoms with E-state index in [9.17, 15) is 4.79 Å². The molecule has 0 aromatic heterocycles. The summed E-state index contributed by atoms with van der Waals surface area (Å²) in [5.74, 6) is -0.147. The van der Waals surface area contributed by atoms with Crippen LogP contribution in [0.25, 0.3) is 0 Å². The lowest BCUT2D eigenvalue weighted by Gasteiger charge is -1.98. The Kier molecular flexibility index (Phi) is 6.68. The van der Waals surface area contributed by atoms with Crippen LogP contribution in [0.3, 0.4) is 0 Å². The van der Waals surface area contributed by atoms with Gasteiger partial charge in [0.2, 0.25) is 0 Å². The van der Waals surface area contributed by atoms with E-state index >= 15 is 0 Å². The van der Waals surface area contributed by atoms with Gasteiger partial charge in [-0.15, -0.1) is 0 Å².